The molecule has 4 heteroatoms. The predicted molar refractivity (Wildman–Crippen MR) is 63.0 cm³/mol. The van der Waals surface area contributed by atoms with Gasteiger partial charge in [0.25, 0.3) is 0 Å². The summed E-state index contributed by atoms with van der Waals surface area (Å²) in [6.45, 7) is 7.06. The fraction of sp³-hybridized carbons (Fsp3) is 1.00. The highest BCUT2D eigenvalue weighted by Gasteiger charge is 2.26. The lowest BCUT2D eigenvalue weighted by atomic mass is 10.1. The molecule has 1 heterocycles. The minimum Gasteiger partial charge on any atom is -0.383 e. The number of likely N-dealkylation sites (N-methyl/N-ethyl adjacent to an activating group) is 1. The Morgan fingerprint density at radius 1 is 1.47 bits per heavy atom. The van der Waals surface area contributed by atoms with Crippen LogP contribution < -0.4 is 5.73 Å². The summed E-state index contributed by atoms with van der Waals surface area (Å²) in [5, 5.41) is 0. The summed E-state index contributed by atoms with van der Waals surface area (Å²) in [4.78, 5) is 4.87. The van der Waals surface area contributed by atoms with Crippen molar-refractivity contribution in [2.75, 3.05) is 46.9 Å². The van der Waals surface area contributed by atoms with Gasteiger partial charge in [0.15, 0.2) is 0 Å². The zero-order valence-electron chi connectivity index (χ0n) is 10.3. The highest BCUT2D eigenvalue weighted by molar-refractivity contribution is 4.83. The second-order valence-electron chi connectivity index (χ2n) is 4.52. The highest BCUT2D eigenvalue weighted by atomic mass is 16.5. The van der Waals surface area contributed by atoms with Gasteiger partial charge in [0.05, 0.1) is 6.61 Å². The van der Waals surface area contributed by atoms with Gasteiger partial charge in [0, 0.05) is 38.8 Å². The zero-order chi connectivity index (χ0) is 11.3. The molecule has 1 aliphatic rings. The van der Waals surface area contributed by atoms with E-state index >= 15 is 0 Å². The molecule has 4 nitrogen and oxygen atoms in total. The van der Waals surface area contributed by atoms with Crippen molar-refractivity contribution < 1.29 is 4.74 Å². The molecule has 0 bridgehead atoms. The number of methoxy groups -OCH3 is 1. The van der Waals surface area contributed by atoms with E-state index in [1.165, 1.54) is 13.0 Å². The molecule has 1 aliphatic heterocycles. The average molecular weight is 215 g/mol. The van der Waals surface area contributed by atoms with Crippen molar-refractivity contribution in [3.05, 3.63) is 0 Å². The molecule has 1 rings (SSSR count). The van der Waals surface area contributed by atoms with Gasteiger partial charge < -0.3 is 15.4 Å². The molecule has 1 saturated heterocycles. The van der Waals surface area contributed by atoms with E-state index in [-0.39, 0.29) is 0 Å². The summed E-state index contributed by atoms with van der Waals surface area (Å²) < 4.78 is 5.16. The Kier molecular flexibility index (Phi) is 5.53. The molecule has 0 saturated carbocycles. The van der Waals surface area contributed by atoms with Crippen molar-refractivity contribution in [2.24, 2.45) is 5.73 Å². The van der Waals surface area contributed by atoms with Gasteiger partial charge in [-0.1, -0.05) is 0 Å². The summed E-state index contributed by atoms with van der Waals surface area (Å²) in [5.41, 5.74) is 5.85. The molecule has 2 N–H and O–H groups in total. The van der Waals surface area contributed by atoms with Crippen LogP contribution in [0.25, 0.3) is 0 Å². The van der Waals surface area contributed by atoms with Gasteiger partial charge in [-0.2, -0.15) is 0 Å². The van der Waals surface area contributed by atoms with E-state index in [1.807, 2.05) is 0 Å². The molecule has 2 atom stereocenters. The van der Waals surface area contributed by atoms with Gasteiger partial charge in [-0.25, -0.2) is 0 Å². The maximum Gasteiger partial charge on any atom is 0.0589 e. The molecular weight excluding hydrogens is 190 g/mol. The van der Waals surface area contributed by atoms with E-state index in [2.05, 4.69) is 23.8 Å². The SMILES string of the molecule is COCCN1C(C)CCN(C)CC1CN. The molecule has 0 spiro atoms. The van der Waals surface area contributed by atoms with Crippen LogP contribution in [0.4, 0.5) is 0 Å². The fourth-order valence-electron chi connectivity index (χ4n) is 2.30. The van der Waals surface area contributed by atoms with Gasteiger partial charge >= 0.3 is 0 Å². The highest BCUT2D eigenvalue weighted by Crippen LogP contribution is 2.14. The second-order valence-corrected chi connectivity index (χ2v) is 4.52. The maximum atomic E-state index is 5.85. The Labute approximate surface area is 93.4 Å². The molecule has 0 amide bonds. The molecule has 0 aliphatic carbocycles. The minimum atomic E-state index is 0.475. The van der Waals surface area contributed by atoms with Crippen LogP contribution in [0, 0.1) is 0 Å². The predicted octanol–water partition coefficient (Wildman–Crippen LogP) is -0.0139. The molecule has 1 fully saturated rings. The van der Waals surface area contributed by atoms with Crippen LogP contribution in [0.2, 0.25) is 0 Å². The third kappa shape index (κ3) is 3.72. The maximum absolute atomic E-state index is 5.85. The Hall–Kier alpha value is -0.160. The van der Waals surface area contributed by atoms with Crippen LogP contribution in [-0.2, 0) is 4.74 Å². The van der Waals surface area contributed by atoms with E-state index in [1.54, 1.807) is 7.11 Å². The Balaban J connectivity index is 2.58. The summed E-state index contributed by atoms with van der Waals surface area (Å²) in [6.07, 6.45) is 1.22. The quantitative estimate of drug-likeness (QED) is 0.716. The van der Waals surface area contributed by atoms with Crippen molar-refractivity contribution >= 4 is 0 Å². The van der Waals surface area contributed by atoms with Crippen molar-refractivity contribution in [2.45, 2.75) is 25.4 Å². The van der Waals surface area contributed by atoms with Crippen molar-refractivity contribution in [1.29, 1.82) is 0 Å². The average Bonchev–Trinajstić information content (AvgIpc) is 2.37. The molecule has 15 heavy (non-hydrogen) atoms. The summed E-state index contributed by atoms with van der Waals surface area (Å²) >= 11 is 0. The van der Waals surface area contributed by atoms with Crippen LogP contribution in [0.1, 0.15) is 13.3 Å². The van der Waals surface area contributed by atoms with Gasteiger partial charge in [-0.15, -0.1) is 0 Å². The zero-order valence-corrected chi connectivity index (χ0v) is 10.3. The van der Waals surface area contributed by atoms with Crippen molar-refractivity contribution in [3.8, 4) is 0 Å². The molecule has 0 aromatic carbocycles. The first kappa shape index (κ1) is 12.9. The standard InChI is InChI=1S/C11H25N3O/c1-10-4-5-13(2)9-11(8-12)14(10)6-7-15-3/h10-11H,4-9,12H2,1-3H3. The first-order valence-corrected chi connectivity index (χ1v) is 5.82. The third-order valence-electron chi connectivity index (χ3n) is 3.31. The first-order chi connectivity index (χ1) is 7.19. The van der Waals surface area contributed by atoms with Crippen LogP contribution in [0.5, 0.6) is 0 Å². The topological polar surface area (TPSA) is 41.7 Å². The summed E-state index contributed by atoms with van der Waals surface area (Å²) in [6, 6.07) is 1.08. The second kappa shape index (κ2) is 6.43. The number of ether oxygens (including phenoxy) is 1. The van der Waals surface area contributed by atoms with Crippen molar-refractivity contribution in [1.82, 2.24) is 9.80 Å². The van der Waals surface area contributed by atoms with Gasteiger partial charge in [0.1, 0.15) is 0 Å². The van der Waals surface area contributed by atoms with E-state index in [0.717, 1.165) is 26.2 Å². The Morgan fingerprint density at radius 3 is 2.80 bits per heavy atom. The monoisotopic (exact) mass is 215 g/mol. The fourth-order valence-corrected chi connectivity index (χ4v) is 2.30. The van der Waals surface area contributed by atoms with Crippen molar-refractivity contribution in [3.63, 3.8) is 0 Å². The van der Waals surface area contributed by atoms with E-state index in [4.69, 9.17) is 10.5 Å². The molecular formula is C11H25N3O. The van der Waals surface area contributed by atoms with Gasteiger partial charge in [-0.05, 0) is 26.9 Å². The lowest BCUT2D eigenvalue weighted by Gasteiger charge is -2.33. The van der Waals surface area contributed by atoms with E-state index in [9.17, 15) is 0 Å². The molecule has 90 valence electrons. The van der Waals surface area contributed by atoms with E-state index < -0.39 is 0 Å². The largest absolute Gasteiger partial charge is 0.383 e. The molecule has 0 aromatic rings. The van der Waals surface area contributed by atoms with Crippen LogP contribution in [-0.4, -0.2) is 68.8 Å². The number of hydrogen-bond donors (Lipinski definition) is 1. The summed E-state index contributed by atoms with van der Waals surface area (Å²) in [5.74, 6) is 0. The number of nitrogens with zero attached hydrogens (tertiary/aromatic N) is 2. The first-order valence-electron chi connectivity index (χ1n) is 5.82. The molecule has 0 radical (unpaired) electrons. The van der Waals surface area contributed by atoms with Crippen LogP contribution >= 0.6 is 0 Å². The van der Waals surface area contributed by atoms with Crippen LogP contribution in [0.3, 0.4) is 0 Å². The smallest absolute Gasteiger partial charge is 0.0589 e. The normalized spacial score (nSPS) is 30.4. The summed E-state index contributed by atoms with van der Waals surface area (Å²) in [7, 11) is 3.93. The molecule has 0 aromatic heterocycles. The van der Waals surface area contributed by atoms with E-state index in [0.29, 0.717) is 12.1 Å². The van der Waals surface area contributed by atoms with Crippen LogP contribution in [0.15, 0.2) is 0 Å². The number of rotatable bonds is 4. The van der Waals surface area contributed by atoms with Gasteiger partial charge in [0.2, 0.25) is 0 Å². The Morgan fingerprint density at radius 2 is 2.20 bits per heavy atom. The van der Waals surface area contributed by atoms with Gasteiger partial charge in [-0.3, -0.25) is 4.90 Å². The lowest BCUT2D eigenvalue weighted by Crippen LogP contribution is -2.49. The lowest BCUT2D eigenvalue weighted by molar-refractivity contribution is 0.0947. The molecule has 2 unspecified atom stereocenters. The minimum absolute atomic E-state index is 0.475. The Bertz CT molecular complexity index is 177. The third-order valence-corrected chi connectivity index (χ3v) is 3.31. The number of nitrogens with two attached hydrogens (primary N) is 1. The number of hydrogen-bond acceptors (Lipinski definition) is 4.